The molecule has 0 aliphatic heterocycles. The van der Waals surface area contributed by atoms with Crippen LogP contribution in [0, 0.1) is 20.8 Å². The molecular weight excluding hydrogens is 408 g/mol. The third-order valence-corrected chi connectivity index (χ3v) is 4.81. The molecule has 7 heteroatoms. The Bertz CT molecular complexity index is 1100. The number of amides is 1. The predicted molar refractivity (Wildman–Crippen MR) is 110 cm³/mol. The fourth-order valence-electron chi connectivity index (χ4n) is 2.61. The molecule has 0 aliphatic carbocycles. The highest BCUT2D eigenvalue weighted by Crippen LogP contribution is 2.13. The zero-order chi connectivity index (χ0) is 19.6. The zero-order valence-corrected chi connectivity index (χ0v) is 16.8. The van der Waals surface area contributed by atoms with Gasteiger partial charge in [0, 0.05) is 15.7 Å². The van der Waals surface area contributed by atoms with Crippen molar-refractivity contribution in [2.45, 2.75) is 20.8 Å². The fourth-order valence-corrected chi connectivity index (χ4v) is 3.01. The number of halogens is 1. The molecule has 3 rings (SSSR count). The number of carbonyl (C=O) groups excluding carboxylic acids is 1. The lowest BCUT2D eigenvalue weighted by molar-refractivity contribution is 0.0955. The number of aromatic amines is 1. The van der Waals surface area contributed by atoms with Crippen LogP contribution in [0.1, 0.15) is 32.7 Å². The molecular formula is C20H19BrN4O2. The Balaban J connectivity index is 1.82. The summed E-state index contributed by atoms with van der Waals surface area (Å²) in [4.78, 5) is 24.8. The molecule has 0 spiro atoms. The number of nitrogens with one attached hydrogen (secondary N) is 2. The standard InChI is InChI=1S/C20H19BrN4O2/c1-12-7-8-17(9-13(12)2)25-20(27)18(14(3)24-25)11-22-23-19(26)15-5-4-6-16(21)10-15/h4-11,24H,1-3H3,(H,23,26). The minimum Gasteiger partial charge on any atom is -0.295 e. The van der Waals surface area contributed by atoms with E-state index >= 15 is 0 Å². The predicted octanol–water partition coefficient (Wildman–Crippen LogP) is 3.62. The average Bonchev–Trinajstić information content (AvgIpc) is 2.92. The number of hydrogen-bond donors (Lipinski definition) is 2. The van der Waals surface area contributed by atoms with Crippen LogP contribution in [-0.2, 0) is 0 Å². The van der Waals surface area contributed by atoms with E-state index in [0.717, 1.165) is 21.3 Å². The van der Waals surface area contributed by atoms with Crippen molar-refractivity contribution in [1.29, 1.82) is 0 Å². The summed E-state index contributed by atoms with van der Waals surface area (Å²) in [6, 6.07) is 12.8. The molecule has 0 unspecified atom stereocenters. The first-order valence-corrected chi connectivity index (χ1v) is 9.14. The molecule has 2 N–H and O–H groups in total. The monoisotopic (exact) mass is 426 g/mol. The number of hydrogen-bond acceptors (Lipinski definition) is 3. The van der Waals surface area contributed by atoms with Crippen LogP contribution in [0.4, 0.5) is 0 Å². The smallest absolute Gasteiger partial charge is 0.280 e. The normalized spacial score (nSPS) is 11.1. The van der Waals surface area contributed by atoms with Crippen LogP contribution in [0.15, 0.2) is 56.8 Å². The van der Waals surface area contributed by atoms with Crippen LogP contribution in [0.5, 0.6) is 0 Å². The Kier molecular flexibility index (Phi) is 5.41. The molecule has 0 radical (unpaired) electrons. The molecule has 0 fully saturated rings. The van der Waals surface area contributed by atoms with Crippen molar-refractivity contribution in [3.05, 3.63) is 85.2 Å². The maximum atomic E-state index is 12.7. The summed E-state index contributed by atoms with van der Waals surface area (Å²) in [6.45, 7) is 5.81. The lowest BCUT2D eigenvalue weighted by Gasteiger charge is -2.05. The van der Waals surface area contributed by atoms with E-state index < -0.39 is 0 Å². The SMILES string of the molecule is Cc1ccc(-n2[nH]c(C)c(C=NNC(=O)c3cccc(Br)c3)c2=O)cc1C. The van der Waals surface area contributed by atoms with Crippen LogP contribution < -0.4 is 11.0 Å². The van der Waals surface area contributed by atoms with Gasteiger partial charge in [-0.25, -0.2) is 10.1 Å². The van der Waals surface area contributed by atoms with Crippen molar-refractivity contribution in [2.24, 2.45) is 5.10 Å². The molecule has 0 aliphatic rings. The fraction of sp³-hybridized carbons (Fsp3) is 0.150. The van der Waals surface area contributed by atoms with Gasteiger partial charge in [-0.3, -0.25) is 14.7 Å². The highest BCUT2D eigenvalue weighted by Gasteiger charge is 2.11. The molecule has 0 saturated carbocycles. The molecule has 0 atom stereocenters. The number of nitrogens with zero attached hydrogens (tertiary/aromatic N) is 2. The number of H-pyrrole nitrogens is 1. The van der Waals surface area contributed by atoms with E-state index in [9.17, 15) is 9.59 Å². The van der Waals surface area contributed by atoms with Gasteiger partial charge in [0.15, 0.2) is 0 Å². The molecule has 3 aromatic rings. The molecule has 1 amide bonds. The van der Waals surface area contributed by atoms with Gasteiger partial charge in [0.25, 0.3) is 11.5 Å². The molecule has 27 heavy (non-hydrogen) atoms. The van der Waals surface area contributed by atoms with Crippen LogP contribution in [-0.4, -0.2) is 21.9 Å². The van der Waals surface area contributed by atoms with Crippen LogP contribution in [0.2, 0.25) is 0 Å². The van der Waals surface area contributed by atoms with Gasteiger partial charge in [-0.2, -0.15) is 5.10 Å². The number of carbonyl (C=O) groups is 1. The van der Waals surface area contributed by atoms with Crippen molar-refractivity contribution in [3.8, 4) is 5.69 Å². The quantitative estimate of drug-likeness (QED) is 0.493. The maximum Gasteiger partial charge on any atom is 0.280 e. The zero-order valence-electron chi connectivity index (χ0n) is 15.2. The van der Waals surface area contributed by atoms with E-state index in [1.807, 2.05) is 38.1 Å². The van der Waals surface area contributed by atoms with Crippen molar-refractivity contribution in [1.82, 2.24) is 15.2 Å². The summed E-state index contributed by atoms with van der Waals surface area (Å²) >= 11 is 3.32. The van der Waals surface area contributed by atoms with Gasteiger partial charge in [-0.1, -0.05) is 28.1 Å². The topological polar surface area (TPSA) is 79.2 Å². The highest BCUT2D eigenvalue weighted by molar-refractivity contribution is 9.10. The van der Waals surface area contributed by atoms with Gasteiger partial charge in [0.1, 0.15) is 0 Å². The van der Waals surface area contributed by atoms with E-state index in [1.165, 1.54) is 10.9 Å². The summed E-state index contributed by atoms with van der Waals surface area (Å²) < 4.78 is 2.27. The summed E-state index contributed by atoms with van der Waals surface area (Å²) in [5.74, 6) is -0.352. The van der Waals surface area contributed by atoms with Gasteiger partial charge in [0.2, 0.25) is 0 Å². The number of benzene rings is 2. The van der Waals surface area contributed by atoms with Crippen LogP contribution in [0.25, 0.3) is 5.69 Å². The molecule has 138 valence electrons. The van der Waals surface area contributed by atoms with E-state index in [4.69, 9.17) is 0 Å². The maximum absolute atomic E-state index is 12.7. The van der Waals surface area contributed by atoms with E-state index in [-0.39, 0.29) is 11.5 Å². The molecule has 2 aromatic carbocycles. The van der Waals surface area contributed by atoms with Crippen molar-refractivity contribution >= 4 is 28.1 Å². The summed E-state index contributed by atoms with van der Waals surface area (Å²) in [7, 11) is 0. The van der Waals surface area contributed by atoms with E-state index in [0.29, 0.717) is 16.8 Å². The molecule has 0 saturated heterocycles. The molecule has 1 aromatic heterocycles. The van der Waals surface area contributed by atoms with Crippen LogP contribution >= 0.6 is 15.9 Å². The second kappa shape index (κ2) is 7.75. The van der Waals surface area contributed by atoms with Crippen molar-refractivity contribution < 1.29 is 4.79 Å². The second-order valence-corrected chi connectivity index (χ2v) is 7.18. The number of rotatable bonds is 4. The Morgan fingerprint density at radius 3 is 2.63 bits per heavy atom. The highest BCUT2D eigenvalue weighted by atomic mass is 79.9. The Hall–Kier alpha value is -2.93. The number of aromatic nitrogens is 2. The third-order valence-electron chi connectivity index (χ3n) is 4.31. The van der Waals surface area contributed by atoms with Crippen LogP contribution in [0.3, 0.4) is 0 Å². The second-order valence-electron chi connectivity index (χ2n) is 6.27. The first-order chi connectivity index (χ1) is 12.9. The van der Waals surface area contributed by atoms with Gasteiger partial charge in [-0.15, -0.1) is 0 Å². The van der Waals surface area contributed by atoms with E-state index in [2.05, 4.69) is 31.6 Å². The number of aryl methyl sites for hydroxylation is 3. The lowest BCUT2D eigenvalue weighted by atomic mass is 10.1. The largest absolute Gasteiger partial charge is 0.295 e. The lowest BCUT2D eigenvalue weighted by Crippen LogP contribution is -2.20. The summed E-state index contributed by atoms with van der Waals surface area (Å²) in [6.07, 6.45) is 1.36. The first-order valence-electron chi connectivity index (χ1n) is 8.35. The van der Waals surface area contributed by atoms with Gasteiger partial charge < -0.3 is 0 Å². The number of hydrazone groups is 1. The van der Waals surface area contributed by atoms with Crippen molar-refractivity contribution in [2.75, 3.05) is 0 Å². The average molecular weight is 427 g/mol. The third kappa shape index (κ3) is 4.09. The first kappa shape index (κ1) is 18.8. The van der Waals surface area contributed by atoms with Gasteiger partial charge in [0.05, 0.1) is 17.5 Å². The Morgan fingerprint density at radius 1 is 1.15 bits per heavy atom. The summed E-state index contributed by atoms with van der Waals surface area (Å²) in [5.41, 5.74) is 6.76. The summed E-state index contributed by atoms with van der Waals surface area (Å²) in [5, 5.41) is 6.98. The minimum atomic E-state index is -0.352. The van der Waals surface area contributed by atoms with Gasteiger partial charge in [-0.05, 0) is 62.2 Å². The molecule has 0 bridgehead atoms. The Labute approximate surface area is 165 Å². The Morgan fingerprint density at radius 2 is 1.93 bits per heavy atom. The van der Waals surface area contributed by atoms with Gasteiger partial charge >= 0.3 is 0 Å². The van der Waals surface area contributed by atoms with E-state index in [1.54, 1.807) is 25.1 Å². The van der Waals surface area contributed by atoms with Crippen molar-refractivity contribution in [3.63, 3.8) is 0 Å². The minimum absolute atomic E-state index is 0.226. The molecule has 1 heterocycles. The molecule has 6 nitrogen and oxygen atoms in total.